The minimum Gasteiger partial charge on any atom is -0.478 e. The Morgan fingerprint density at radius 1 is 1.40 bits per heavy atom. The number of carboxylic acid groups (broad SMARTS) is 1. The van der Waals surface area contributed by atoms with Crippen LogP contribution < -0.4 is 5.32 Å². The van der Waals surface area contributed by atoms with Crippen molar-refractivity contribution in [3.8, 4) is 0 Å². The van der Waals surface area contributed by atoms with E-state index in [0.29, 0.717) is 13.0 Å². The molecular weight excluding hydrogens is 256 g/mol. The number of benzene rings is 1. The zero-order valence-corrected chi connectivity index (χ0v) is 11.2. The van der Waals surface area contributed by atoms with Gasteiger partial charge < -0.3 is 10.4 Å². The number of carbonyl (C=O) groups is 2. The summed E-state index contributed by atoms with van der Waals surface area (Å²) in [5.74, 6) is -0.849. The van der Waals surface area contributed by atoms with Gasteiger partial charge in [0.05, 0.1) is 0 Å². The Morgan fingerprint density at radius 3 is 3.05 bits per heavy atom. The lowest BCUT2D eigenvalue weighted by molar-refractivity contribution is -0.131. The lowest BCUT2D eigenvalue weighted by Gasteiger charge is -2.19. The summed E-state index contributed by atoms with van der Waals surface area (Å²) in [7, 11) is 0. The number of rotatable bonds is 4. The van der Waals surface area contributed by atoms with Crippen LogP contribution in [0, 0.1) is 0 Å². The average Bonchev–Trinajstić information content (AvgIpc) is 2.62. The molecule has 1 saturated heterocycles. The van der Waals surface area contributed by atoms with Crippen LogP contribution in [-0.2, 0) is 16.1 Å². The van der Waals surface area contributed by atoms with E-state index in [1.807, 2.05) is 24.3 Å². The highest BCUT2D eigenvalue weighted by Gasteiger charge is 2.13. The predicted octanol–water partition coefficient (Wildman–Crippen LogP) is 1.11. The third-order valence-corrected chi connectivity index (χ3v) is 3.18. The fourth-order valence-electron chi connectivity index (χ4n) is 2.19. The number of amides is 1. The molecule has 1 heterocycles. The van der Waals surface area contributed by atoms with E-state index < -0.39 is 5.97 Å². The average molecular weight is 274 g/mol. The molecule has 1 aromatic carbocycles. The van der Waals surface area contributed by atoms with Gasteiger partial charge in [-0.25, -0.2) is 4.79 Å². The minimum absolute atomic E-state index is 0.102. The first-order valence-corrected chi connectivity index (χ1v) is 6.62. The summed E-state index contributed by atoms with van der Waals surface area (Å²) in [4.78, 5) is 24.0. The number of hydrogen-bond acceptors (Lipinski definition) is 3. The Balaban J connectivity index is 2.00. The van der Waals surface area contributed by atoms with E-state index in [9.17, 15) is 9.59 Å². The maximum Gasteiger partial charge on any atom is 0.328 e. The monoisotopic (exact) mass is 274 g/mol. The highest BCUT2D eigenvalue weighted by molar-refractivity contribution is 5.85. The third kappa shape index (κ3) is 4.51. The van der Waals surface area contributed by atoms with Crippen LogP contribution in [0.1, 0.15) is 17.5 Å². The van der Waals surface area contributed by atoms with Gasteiger partial charge in [0, 0.05) is 38.7 Å². The standard InChI is InChI=1S/C15H18N2O3/c18-14-6-8-17(9-7-16-14)11-13-3-1-2-12(10-13)4-5-15(19)20/h1-5,10H,6-9,11H2,(H,16,18)(H,19,20). The van der Waals surface area contributed by atoms with Crippen LogP contribution in [0.2, 0.25) is 0 Å². The SMILES string of the molecule is O=C(O)C=Cc1cccc(CN2CCNC(=O)CC2)c1. The normalized spacial score (nSPS) is 16.9. The van der Waals surface area contributed by atoms with Gasteiger partial charge >= 0.3 is 5.97 Å². The molecule has 20 heavy (non-hydrogen) atoms. The topological polar surface area (TPSA) is 69.6 Å². The minimum atomic E-state index is -0.951. The number of carbonyl (C=O) groups excluding carboxylic acids is 1. The van der Waals surface area contributed by atoms with Crippen LogP contribution in [0.25, 0.3) is 6.08 Å². The van der Waals surface area contributed by atoms with Gasteiger partial charge in [0.2, 0.25) is 5.91 Å². The zero-order valence-electron chi connectivity index (χ0n) is 11.2. The number of nitrogens with zero attached hydrogens (tertiary/aromatic N) is 1. The number of hydrogen-bond donors (Lipinski definition) is 2. The second-order valence-corrected chi connectivity index (χ2v) is 4.79. The predicted molar refractivity (Wildman–Crippen MR) is 76.0 cm³/mol. The molecule has 0 spiro atoms. The van der Waals surface area contributed by atoms with Crippen LogP contribution in [-0.4, -0.2) is 41.5 Å². The van der Waals surface area contributed by atoms with Gasteiger partial charge in [-0.05, 0) is 17.2 Å². The Bertz CT molecular complexity index is 526. The molecule has 5 heteroatoms. The first kappa shape index (κ1) is 14.3. The molecule has 1 aliphatic rings. The quantitative estimate of drug-likeness (QED) is 0.807. The lowest BCUT2D eigenvalue weighted by atomic mass is 10.1. The molecule has 0 radical (unpaired) electrons. The maximum atomic E-state index is 11.3. The van der Waals surface area contributed by atoms with Gasteiger partial charge in [0.1, 0.15) is 0 Å². The molecule has 2 rings (SSSR count). The highest BCUT2D eigenvalue weighted by Crippen LogP contribution is 2.11. The summed E-state index contributed by atoms with van der Waals surface area (Å²) >= 11 is 0. The van der Waals surface area contributed by atoms with Crippen LogP contribution in [0.3, 0.4) is 0 Å². The fraction of sp³-hybridized carbons (Fsp3) is 0.333. The largest absolute Gasteiger partial charge is 0.478 e. The summed E-state index contributed by atoms with van der Waals surface area (Å²) in [5, 5.41) is 11.5. The molecule has 1 aliphatic heterocycles. The molecule has 5 nitrogen and oxygen atoms in total. The molecule has 0 atom stereocenters. The molecule has 1 amide bonds. The molecule has 106 valence electrons. The summed E-state index contributed by atoms with van der Waals surface area (Å²) in [6, 6.07) is 7.77. The molecule has 1 fully saturated rings. The number of carboxylic acids is 1. The van der Waals surface area contributed by atoms with Crippen LogP contribution in [0.5, 0.6) is 0 Å². The summed E-state index contributed by atoms with van der Waals surface area (Å²) < 4.78 is 0. The Kier molecular flexibility index (Phi) is 4.90. The van der Waals surface area contributed by atoms with Crippen LogP contribution in [0.15, 0.2) is 30.3 Å². The van der Waals surface area contributed by atoms with E-state index in [1.165, 1.54) is 0 Å². The summed E-state index contributed by atoms with van der Waals surface area (Å²) in [5.41, 5.74) is 1.99. The zero-order chi connectivity index (χ0) is 14.4. The fourth-order valence-corrected chi connectivity index (χ4v) is 2.19. The molecule has 2 N–H and O–H groups in total. The second kappa shape index (κ2) is 6.86. The van der Waals surface area contributed by atoms with Gasteiger partial charge in [-0.1, -0.05) is 24.3 Å². The maximum absolute atomic E-state index is 11.3. The van der Waals surface area contributed by atoms with Gasteiger partial charge in [-0.15, -0.1) is 0 Å². The van der Waals surface area contributed by atoms with Crippen molar-refractivity contribution < 1.29 is 14.7 Å². The Morgan fingerprint density at radius 2 is 2.25 bits per heavy atom. The van der Waals surface area contributed by atoms with Crippen LogP contribution in [0.4, 0.5) is 0 Å². The van der Waals surface area contributed by atoms with Crippen molar-refractivity contribution >= 4 is 18.0 Å². The van der Waals surface area contributed by atoms with Crippen LogP contribution >= 0.6 is 0 Å². The van der Waals surface area contributed by atoms with E-state index in [2.05, 4.69) is 10.2 Å². The lowest BCUT2D eigenvalue weighted by Crippen LogP contribution is -2.28. The third-order valence-electron chi connectivity index (χ3n) is 3.18. The van der Waals surface area contributed by atoms with Crippen molar-refractivity contribution in [2.45, 2.75) is 13.0 Å². The van der Waals surface area contributed by atoms with E-state index in [0.717, 1.165) is 36.8 Å². The van der Waals surface area contributed by atoms with Crippen molar-refractivity contribution in [1.29, 1.82) is 0 Å². The highest BCUT2D eigenvalue weighted by atomic mass is 16.4. The number of nitrogens with one attached hydrogen (secondary N) is 1. The van der Waals surface area contributed by atoms with Gasteiger partial charge in [0.25, 0.3) is 0 Å². The van der Waals surface area contributed by atoms with E-state index in [4.69, 9.17) is 5.11 Å². The number of aliphatic carboxylic acids is 1. The summed E-state index contributed by atoms with van der Waals surface area (Å²) in [6.45, 7) is 3.03. The molecule has 1 aromatic rings. The second-order valence-electron chi connectivity index (χ2n) is 4.79. The van der Waals surface area contributed by atoms with Crippen molar-refractivity contribution in [3.63, 3.8) is 0 Å². The molecular formula is C15H18N2O3. The Labute approximate surface area is 117 Å². The van der Waals surface area contributed by atoms with E-state index in [-0.39, 0.29) is 5.91 Å². The van der Waals surface area contributed by atoms with Crippen molar-refractivity contribution in [3.05, 3.63) is 41.5 Å². The van der Waals surface area contributed by atoms with E-state index >= 15 is 0 Å². The van der Waals surface area contributed by atoms with Gasteiger partial charge in [-0.2, -0.15) is 0 Å². The molecule has 0 bridgehead atoms. The van der Waals surface area contributed by atoms with E-state index in [1.54, 1.807) is 6.08 Å². The summed E-state index contributed by atoms with van der Waals surface area (Å²) in [6.07, 6.45) is 3.24. The van der Waals surface area contributed by atoms with Crippen molar-refractivity contribution in [1.82, 2.24) is 10.2 Å². The molecule has 0 aliphatic carbocycles. The molecule has 0 unspecified atom stereocenters. The smallest absolute Gasteiger partial charge is 0.328 e. The molecule has 0 aromatic heterocycles. The Hall–Kier alpha value is -2.14. The van der Waals surface area contributed by atoms with Crippen molar-refractivity contribution in [2.75, 3.05) is 19.6 Å². The molecule has 0 saturated carbocycles. The van der Waals surface area contributed by atoms with Gasteiger partial charge in [0.15, 0.2) is 0 Å². The van der Waals surface area contributed by atoms with Gasteiger partial charge in [-0.3, -0.25) is 9.69 Å². The first-order valence-electron chi connectivity index (χ1n) is 6.62. The van der Waals surface area contributed by atoms with Crippen molar-refractivity contribution in [2.24, 2.45) is 0 Å². The first-order chi connectivity index (χ1) is 9.63.